The van der Waals surface area contributed by atoms with Crippen molar-refractivity contribution in [3.63, 3.8) is 0 Å². The lowest BCUT2D eigenvalue weighted by atomic mass is 10.2. The number of fused-ring (bicyclic) bond motifs is 1. The molecule has 0 unspecified atom stereocenters. The first-order chi connectivity index (χ1) is 10.1. The Kier molecular flexibility index (Phi) is 3.23. The van der Waals surface area contributed by atoms with Crippen molar-refractivity contribution in [3.8, 4) is 0 Å². The van der Waals surface area contributed by atoms with Gasteiger partial charge in [-0.05, 0) is 61.6 Å². The van der Waals surface area contributed by atoms with Gasteiger partial charge in [0.1, 0.15) is 0 Å². The van der Waals surface area contributed by atoms with E-state index in [1.807, 2.05) is 12.1 Å². The minimum absolute atomic E-state index is 0.456. The third-order valence-electron chi connectivity index (χ3n) is 4.75. The van der Waals surface area contributed by atoms with Gasteiger partial charge >= 0.3 is 0 Å². The Morgan fingerprint density at radius 2 is 1.76 bits per heavy atom. The lowest BCUT2D eigenvalue weighted by Crippen LogP contribution is -2.34. The van der Waals surface area contributed by atoms with Crippen molar-refractivity contribution in [2.75, 3.05) is 25.0 Å². The zero-order chi connectivity index (χ0) is 14.4. The fourth-order valence-electron chi connectivity index (χ4n) is 3.03. The second-order valence-electron chi connectivity index (χ2n) is 6.70. The first-order valence-electron chi connectivity index (χ1n) is 8.00. The normalized spacial score (nSPS) is 21.4. The van der Waals surface area contributed by atoms with Gasteiger partial charge in [0.05, 0.1) is 4.90 Å². The molecule has 0 amide bonds. The maximum atomic E-state index is 13.0. The fraction of sp³-hybridized carbons (Fsp3) is 0.625. The van der Waals surface area contributed by atoms with Crippen molar-refractivity contribution < 1.29 is 8.42 Å². The van der Waals surface area contributed by atoms with Crippen LogP contribution in [0.1, 0.15) is 31.2 Å². The molecule has 3 aliphatic rings. The zero-order valence-corrected chi connectivity index (χ0v) is 13.0. The summed E-state index contributed by atoms with van der Waals surface area (Å²) in [6.07, 6.45) is 5.72. The summed E-state index contributed by atoms with van der Waals surface area (Å²) in [5, 5.41) is 3.27. The number of anilines is 1. The topological polar surface area (TPSA) is 49.4 Å². The zero-order valence-electron chi connectivity index (χ0n) is 12.2. The quantitative estimate of drug-likeness (QED) is 0.878. The van der Waals surface area contributed by atoms with Crippen LogP contribution in [0.3, 0.4) is 0 Å². The average molecular weight is 306 g/mol. The molecule has 4 rings (SSSR count). The Balaban J connectivity index is 1.62. The highest BCUT2D eigenvalue weighted by Crippen LogP contribution is 2.36. The molecule has 0 saturated heterocycles. The Bertz CT molecular complexity index is 634. The third kappa shape index (κ3) is 2.81. The van der Waals surface area contributed by atoms with Gasteiger partial charge in [-0.25, -0.2) is 8.42 Å². The van der Waals surface area contributed by atoms with Gasteiger partial charge < -0.3 is 5.32 Å². The van der Waals surface area contributed by atoms with Gasteiger partial charge in [0, 0.05) is 25.3 Å². The molecular formula is C16H22N2O2S. The largest absolute Gasteiger partial charge is 0.384 e. The molecule has 1 heterocycles. The highest BCUT2D eigenvalue weighted by Gasteiger charge is 2.36. The van der Waals surface area contributed by atoms with Crippen LogP contribution in [0.15, 0.2) is 23.1 Å². The fourth-order valence-corrected chi connectivity index (χ4v) is 4.65. The molecule has 2 aliphatic carbocycles. The SMILES string of the molecule is O=S(=O)(c1ccc2c(c1)NCC2)N(CC1CC1)CC1CC1. The Labute approximate surface area is 126 Å². The van der Waals surface area contributed by atoms with Crippen LogP contribution in [0.4, 0.5) is 5.69 Å². The van der Waals surface area contributed by atoms with Crippen LogP contribution < -0.4 is 5.32 Å². The van der Waals surface area contributed by atoms with E-state index in [-0.39, 0.29) is 0 Å². The molecule has 114 valence electrons. The molecule has 0 aromatic heterocycles. The number of sulfonamides is 1. The average Bonchev–Trinajstić information content (AvgIpc) is 3.38. The summed E-state index contributed by atoms with van der Waals surface area (Å²) in [5.74, 6) is 1.18. The van der Waals surface area contributed by atoms with E-state index in [9.17, 15) is 8.42 Å². The molecule has 1 N–H and O–H groups in total. The molecule has 0 radical (unpaired) electrons. The van der Waals surface area contributed by atoms with Crippen molar-refractivity contribution in [3.05, 3.63) is 23.8 Å². The Morgan fingerprint density at radius 3 is 2.38 bits per heavy atom. The van der Waals surface area contributed by atoms with E-state index < -0.39 is 10.0 Å². The maximum Gasteiger partial charge on any atom is 0.243 e. The Morgan fingerprint density at radius 1 is 1.10 bits per heavy atom. The predicted octanol–water partition coefficient (Wildman–Crippen LogP) is 2.47. The van der Waals surface area contributed by atoms with Gasteiger partial charge in [-0.3, -0.25) is 0 Å². The van der Waals surface area contributed by atoms with Gasteiger partial charge in [0.15, 0.2) is 0 Å². The smallest absolute Gasteiger partial charge is 0.243 e. The minimum atomic E-state index is -3.34. The van der Waals surface area contributed by atoms with E-state index in [1.165, 1.54) is 31.2 Å². The second-order valence-corrected chi connectivity index (χ2v) is 8.64. The molecule has 0 spiro atoms. The monoisotopic (exact) mass is 306 g/mol. The Hall–Kier alpha value is -1.07. The van der Waals surface area contributed by atoms with Crippen LogP contribution in [-0.2, 0) is 16.4 Å². The van der Waals surface area contributed by atoms with Crippen LogP contribution in [-0.4, -0.2) is 32.4 Å². The van der Waals surface area contributed by atoms with Crippen molar-refractivity contribution in [2.24, 2.45) is 11.8 Å². The first-order valence-corrected chi connectivity index (χ1v) is 9.44. The van der Waals surface area contributed by atoms with Gasteiger partial charge in [0.25, 0.3) is 0 Å². The molecule has 0 bridgehead atoms. The molecular weight excluding hydrogens is 284 g/mol. The number of hydrogen-bond donors (Lipinski definition) is 1. The van der Waals surface area contributed by atoms with Crippen molar-refractivity contribution in [1.82, 2.24) is 4.31 Å². The van der Waals surface area contributed by atoms with Crippen LogP contribution in [0, 0.1) is 11.8 Å². The third-order valence-corrected chi connectivity index (χ3v) is 6.57. The highest BCUT2D eigenvalue weighted by molar-refractivity contribution is 7.89. The van der Waals surface area contributed by atoms with Crippen molar-refractivity contribution in [2.45, 2.75) is 37.0 Å². The van der Waals surface area contributed by atoms with Gasteiger partial charge in [-0.2, -0.15) is 4.31 Å². The summed E-state index contributed by atoms with van der Waals surface area (Å²) in [7, 11) is -3.34. The van der Waals surface area contributed by atoms with Crippen LogP contribution in [0.5, 0.6) is 0 Å². The lowest BCUT2D eigenvalue weighted by molar-refractivity contribution is 0.382. The van der Waals surface area contributed by atoms with Gasteiger partial charge in [-0.15, -0.1) is 0 Å². The molecule has 21 heavy (non-hydrogen) atoms. The van der Waals surface area contributed by atoms with E-state index >= 15 is 0 Å². The minimum Gasteiger partial charge on any atom is -0.384 e. The van der Waals surface area contributed by atoms with Gasteiger partial charge in [0.2, 0.25) is 10.0 Å². The molecule has 4 nitrogen and oxygen atoms in total. The summed E-state index contributed by atoms with van der Waals surface area (Å²) in [4.78, 5) is 0.456. The van der Waals surface area contributed by atoms with E-state index in [1.54, 1.807) is 10.4 Å². The van der Waals surface area contributed by atoms with E-state index in [0.29, 0.717) is 29.8 Å². The molecule has 2 fully saturated rings. The molecule has 1 aliphatic heterocycles. The maximum absolute atomic E-state index is 13.0. The van der Waals surface area contributed by atoms with Crippen LogP contribution in [0.25, 0.3) is 0 Å². The van der Waals surface area contributed by atoms with Crippen LogP contribution in [0.2, 0.25) is 0 Å². The molecule has 5 heteroatoms. The predicted molar refractivity (Wildman–Crippen MR) is 82.8 cm³/mol. The standard InChI is InChI=1S/C16H22N2O2S/c19-21(20,15-6-5-14-7-8-17-16(14)9-15)18(10-12-1-2-12)11-13-3-4-13/h5-6,9,12-13,17H,1-4,7-8,10-11H2. The van der Waals surface area contributed by atoms with E-state index in [2.05, 4.69) is 5.32 Å². The summed E-state index contributed by atoms with van der Waals surface area (Å²) >= 11 is 0. The molecule has 2 saturated carbocycles. The number of rotatable bonds is 6. The summed E-state index contributed by atoms with van der Waals surface area (Å²) < 4.78 is 27.7. The van der Waals surface area contributed by atoms with E-state index in [0.717, 1.165) is 18.7 Å². The van der Waals surface area contributed by atoms with Gasteiger partial charge in [-0.1, -0.05) is 6.07 Å². The number of benzene rings is 1. The summed E-state index contributed by atoms with van der Waals surface area (Å²) in [6.45, 7) is 2.33. The summed E-state index contributed by atoms with van der Waals surface area (Å²) in [6, 6.07) is 5.58. The molecule has 1 aromatic rings. The second kappa shape index (κ2) is 4.99. The number of hydrogen-bond acceptors (Lipinski definition) is 3. The number of nitrogens with one attached hydrogen (secondary N) is 1. The lowest BCUT2D eigenvalue weighted by Gasteiger charge is -2.22. The first kappa shape index (κ1) is 13.6. The number of nitrogens with zero attached hydrogens (tertiary/aromatic N) is 1. The van der Waals surface area contributed by atoms with E-state index in [4.69, 9.17) is 0 Å². The molecule has 0 atom stereocenters. The highest BCUT2D eigenvalue weighted by atomic mass is 32.2. The van der Waals surface area contributed by atoms with Crippen molar-refractivity contribution >= 4 is 15.7 Å². The van der Waals surface area contributed by atoms with Crippen LogP contribution >= 0.6 is 0 Å². The van der Waals surface area contributed by atoms with Crippen molar-refractivity contribution in [1.29, 1.82) is 0 Å². The summed E-state index contributed by atoms with van der Waals surface area (Å²) in [5.41, 5.74) is 2.22. The molecule has 1 aromatic carbocycles.